The van der Waals surface area contributed by atoms with Crippen LogP contribution < -0.4 is 0 Å². The molecule has 0 spiro atoms. The first kappa shape index (κ1) is 20.8. The highest BCUT2D eigenvalue weighted by Crippen LogP contribution is 2.22. The number of carbonyl (C=O) groups is 1. The van der Waals surface area contributed by atoms with Gasteiger partial charge in [0.15, 0.2) is 0 Å². The number of rotatable bonds is 7. The van der Waals surface area contributed by atoms with E-state index in [2.05, 4.69) is 0 Å². The largest absolute Gasteiger partial charge is 0.462 e. The van der Waals surface area contributed by atoms with Crippen LogP contribution in [0.3, 0.4) is 0 Å². The first-order valence-corrected chi connectivity index (χ1v) is 10.6. The molecule has 0 aliphatic rings. The van der Waals surface area contributed by atoms with Crippen molar-refractivity contribution in [3.05, 3.63) is 89.5 Å². The third-order valence-corrected chi connectivity index (χ3v) is 5.65. The van der Waals surface area contributed by atoms with Crippen LogP contribution >= 0.6 is 0 Å². The summed E-state index contributed by atoms with van der Waals surface area (Å²) in [7, 11) is -3.80. The molecule has 5 nitrogen and oxygen atoms in total. The van der Waals surface area contributed by atoms with Gasteiger partial charge in [0.25, 0.3) is 10.1 Å². The maximum absolute atomic E-state index is 12.3. The van der Waals surface area contributed by atoms with Gasteiger partial charge in [-0.1, -0.05) is 54.1 Å². The van der Waals surface area contributed by atoms with Gasteiger partial charge in [0.2, 0.25) is 0 Å². The monoisotopic (exact) mass is 410 g/mol. The molecule has 0 radical (unpaired) electrons. The summed E-state index contributed by atoms with van der Waals surface area (Å²) in [4.78, 5) is 11.9. The molecule has 0 aromatic heterocycles. The maximum atomic E-state index is 12.3. The van der Waals surface area contributed by atoms with Gasteiger partial charge in [0, 0.05) is 0 Å². The molecule has 0 atom stereocenters. The highest BCUT2D eigenvalue weighted by Gasteiger charge is 2.15. The van der Waals surface area contributed by atoms with Gasteiger partial charge < -0.3 is 4.74 Å². The standard InChI is InChI=1S/C23H22O5S/c1-3-27-23(24)21-12-10-20(11-13-21)19-8-6-18(7-9-19)16-28-29(25,26)22-14-4-17(2)5-15-22/h4-15H,3,16H2,1-2H3. The molecule has 0 N–H and O–H groups in total. The highest BCUT2D eigenvalue weighted by molar-refractivity contribution is 7.86. The number of hydrogen-bond donors (Lipinski definition) is 0. The molecule has 0 aliphatic carbocycles. The fourth-order valence-electron chi connectivity index (χ4n) is 2.73. The van der Waals surface area contributed by atoms with Crippen molar-refractivity contribution in [2.75, 3.05) is 6.61 Å². The molecular weight excluding hydrogens is 388 g/mol. The topological polar surface area (TPSA) is 69.7 Å². The molecule has 150 valence electrons. The summed E-state index contributed by atoms with van der Waals surface area (Å²) in [5, 5.41) is 0. The maximum Gasteiger partial charge on any atom is 0.338 e. The summed E-state index contributed by atoms with van der Waals surface area (Å²) in [6, 6.07) is 21.1. The van der Waals surface area contributed by atoms with E-state index in [0.717, 1.165) is 22.3 Å². The van der Waals surface area contributed by atoms with Crippen LogP contribution in [0.1, 0.15) is 28.4 Å². The molecule has 0 unspecified atom stereocenters. The van der Waals surface area contributed by atoms with Crippen molar-refractivity contribution < 1.29 is 22.1 Å². The lowest BCUT2D eigenvalue weighted by Crippen LogP contribution is -2.06. The Morgan fingerprint density at radius 3 is 1.93 bits per heavy atom. The highest BCUT2D eigenvalue weighted by atomic mass is 32.2. The zero-order chi connectivity index (χ0) is 20.9. The van der Waals surface area contributed by atoms with Crippen molar-refractivity contribution in [3.63, 3.8) is 0 Å². The van der Waals surface area contributed by atoms with Gasteiger partial charge in [0.05, 0.1) is 23.7 Å². The lowest BCUT2D eigenvalue weighted by Gasteiger charge is -2.08. The molecule has 0 bridgehead atoms. The number of aryl methyl sites for hydroxylation is 1. The molecule has 0 aliphatic heterocycles. The van der Waals surface area contributed by atoms with Gasteiger partial charge in [-0.25, -0.2) is 4.79 Å². The second kappa shape index (κ2) is 9.03. The second-order valence-corrected chi connectivity index (χ2v) is 8.14. The Labute approximate surface area is 171 Å². The SMILES string of the molecule is CCOC(=O)c1ccc(-c2ccc(COS(=O)(=O)c3ccc(C)cc3)cc2)cc1. The normalized spacial score (nSPS) is 11.2. The number of hydrogen-bond acceptors (Lipinski definition) is 5. The summed E-state index contributed by atoms with van der Waals surface area (Å²) in [5.74, 6) is -0.346. The molecule has 3 aromatic rings. The lowest BCUT2D eigenvalue weighted by atomic mass is 10.0. The van der Waals surface area contributed by atoms with Crippen molar-refractivity contribution in [1.82, 2.24) is 0 Å². The van der Waals surface area contributed by atoms with Gasteiger partial charge in [-0.3, -0.25) is 4.18 Å². The number of carbonyl (C=O) groups excluding carboxylic acids is 1. The molecular formula is C23H22O5S. The first-order valence-electron chi connectivity index (χ1n) is 9.21. The van der Waals surface area contributed by atoms with E-state index in [9.17, 15) is 13.2 Å². The minimum absolute atomic E-state index is 0.0434. The zero-order valence-corrected chi connectivity index (χ0v) is 17.1. The molecule has 3 rings (SSSR count). The van der Waals surface area contributed by atoms with E-state index >= 15 is 0 Å². The van der Waals surface area contributed by atoms with Crippen LogP contribution in [0, 0.1) is 6.92 Å². The predicted molar refractivity (Wildman–Crippen MR) is 111 cm³/mol. The van der Waals surface area contributed by atoms with Gasteiger partial charge in [-0.2, -0.15) is 8.42 Å². The van der Waals surface area contributed by atoms with E-state index < -0.39 is 10.1 Å². The Hall–Kier alpha value is -2.96. The summed E-state index contributed by atoms with van der Waals surface area (Å²) < 4.78 is 34.7. The Balaban J connectivity index is 1.66. The molecule has 0 fully saturated rings. The van der Waals surface area contributed by atoms with E-state index in [1.165, 1.54) is 12.1 Å². The molecule has 0 saturated heterocycles. The van der Waals surface area contributed by atoms with E-state index in [4.69, 9.17) is 8.92 Å². The van der Waals surface area contributed by atoms with E-state index in [1.54, 1.807) is 31.2 Å². The number of ether oxygens (including phenoxy) is 1. The molecule has 0 amide bonds. The summed E-state index contributed by atoms with van der Waals surface area (Å²) in [6.45, 7) is 3.95. The van der Waals surface area contributed by atoms with Crippen LogP contribution in [0.5, 0.6) is 0 Å². The first-order chi connectivity index (χ1) is 13.9. The molecule has 3 aromatic carbocycles. The Morgan fingerprint density at radius 2 is 1.38 bits per heavy atom. The third-order valence-electron chi connectivity index (χ3n) is 4.37. The van der Waals surface area contributed by atoms with Crippen molar-refractivity contribution >= 4 is 16.1 Å². The van der Waals surface area contributed by atoms with E-state index in [0.29, 0.717) is 12.2 Å². The van der Waals surface area contributed by atoms with Crippen LogP contribution in [0.2, 0.25) is 0 Å². The van der Waals surface area contributed by atoms with Gasteiger partial charge in [0.1, 0.15) is 0 Å². The molecule has 29 heavy (non-hydrogen) atoms. The fraction of sp³-hybridized carbons (Fsp3) is 0.174. The number of esters is 1. The number of benzene rings is 3. The summed E-state index contributed by atoms with van der Waals surface area (Å²) in [6.07, 6.45) is 0. The van der Waals surface area contributed by atoms with Gasteiger partial charge >= 0.3 is 5.97 Å². The zero-order valence-electron chi connectivity index (χ0n) is 16.3. The third kappa shape index (κ3) is 5.31. The average Bonchev–Trinajstić information content (AvgIpc) is 2.73. The Kier molecular flexibility index (Phi) is 6.46. The van der Waals surface area contributed by atoms with Crippen molar-refractivity contribution in [2.45, 2.75) is 25.3 Å². The second-order valence-electron chi connectivity index (χ2n) is 6.52. The van der Waals surface area contributed by atoms with Crippen LogP contribution in [0.15, 0.2) is 77.7 Å². The minimum Gasteiger partial charge on any atom is -0.462 e. The smallest absolute Gasteiger partial charge is 0.338 e. The fourth-order valence-corrected chi connectivity index (χ4v) is 3.62. The molecule has 0 heterocycles. The Bertz CT molecular complexity index is 1070. The lowest BCUT2D eigenvalue weighted by molar-refractivity contribution is 0.0526. The van der Waals surface area contributed by atoms with Crippen molar-refractivity contribution in [2.24, 2.45) is 0 Å². The minimum atomic E-state index is -3.80. The van der Waals surface area contributed by atoms with Gasteiger partial charge in [-0.15, -0.1) is 0 Å². The van der Waals surface area contributed by atoms with Crippen molar-refractivity contribution in [3.8, 4) is 11.1 Å². The molecule has 0 saturated carbocycles. The van der Waals surface area contributed by atoms with Crippen LogP contribution in [-0.4, -0.2) is 21.0 Å². The van der Waals surface area contributed by atoms with Crippen LogP contribution in [0.4, 0.5) is 0 Å². The summed E-state index contributed by atoms with van der Waals surface area (Å²) >= 11 is 0. The molecule has 6 heteroatoms. The quantitative estimate of drug-likeness (QED) is 0.415. The Morgan fingerprint density at radius 1 is 0.828 bits per heavy atom. The van der Waals surface area contributed by atoms with Gasteiger partial charge in [-0.05, 0) is 54.8 Å². The summed E-state index contributed by atoms with van der Waals surface area (Å²) in [5.41, 5.74) is 4.12. The van der Waals surface area contributed by atoms with Crippen LogP contribution in [-0.2, 0) is 25.6 Å². The average molecular weight is 410 g/mol. The van der Waals surface area contributed by atoms with E-state index in [1.807, 2.05) is 43.3 Å². The predicted octanol–water partition coefficient (Wildman–Crippen LogP) is 4.74. The van der Waals surface area contributed by atoms with Crippen molar-refractivity contribution in [1.29, 1.82) is 0 Å². The van der Waals surface area contributed by atoms with Crippen LogP contribution in [0.25, 0.3) is 11.1 Å². The van der Waals surface area contributed by atoms with E-state index in [-0.39, 0.29) is 17.5 Å².